The predicted octanol–water partition coefficient (Wildman–Crippen LogP) is 2.78. The minimum atomic E-state index is -0.387. The Bertz CT molecular complexity index is 489. The lowest BCUT2D eigenvalue weighted by Gasteiger charge is -2.43. The molecule has 1 unspecified atom stereocenters. The first-order chi connectivity index (χ1) is 11.1. The van der Waals surface area contributed by atoms with Crippen molar-refractivity contribution in [3.63, 3.8) is 0 Å². The van der Waals surface area contributed by atoms with Crippen molar-refractivity contribution in [2.24, 2.45) is 11.8 Å². The smallest absolute Gasteiger partial charge is 0.308 e. The number of carbonyl (C=O) groups excluding carboxylic acids is 1. The highest BCUT2D eigenvalue weighted by Crippen LogP contribution is 2.34. The fourth-order valence-electron chi connectivity index (χ4n) is 3.09. The molecule has 5 heteroatoms. The van der Waals surface area contributed by atoms with E-state index in [1.54, 1.807) is 7.11 Å². The highest BCUT2D eigenvalue weighted by atomic mass is 16.7. The molecule has 1 aliphatic rings. The van der Waals surface area contributed by atoms with Crippen LogP contribution >= 0.6 is 0 Å². The number of rotatable bonds is 6. The normalized spacial score (nSPS) is 30.9. The van der Waals surface area contributed by atoms with Gasteiger partial charge in [-0.05, 0) is 5.56 Å². The third kappa shape index (κ3) is 4.53. The summed E-state index contributed by atoms with van der Waals surface area (Å²) >= 11 is 0. The number of carbonyl (C=O) groups is 1. The van der Waals surface area contributed by atoms with Crippen molar-refractivity contribution in [3.8, 4) is 0 Å². The van der Waals surface area contributed by atoms with Gasteiger partial charge in [0.25, 0.3) is 0 Å². The summed E-state index contributed by atoms with van der Waals surface area (Å²) in [4.78, 5) is 11.6. The molecule has 0 amide bonds. The van der Waals surface area contributed by atoms with Crippen LogP contribution < -0.4 is 0 Å². The van der Waals surface area contributed by atoms with Crippen LogP contribution in [0, 0.1) is 11.8 Å². The maximum absolute atomic E-state index is 11.6. The fourth-order valence-corrected chi connectivity index (χ4v) is 3.09. The molecule has 0 bridgehead atoms. The molecule has 1 aromatic carbocycles. The number of hydrogen-bond acceptors (Lipinski definition) is 5. The van der Waals surface area contributed by atoms with E-state index in [4.69, 9.17) is 18.9 Å². The van der Waals surface area contributed by atoms with Crippen LogP contribution in [0.4, 0.5) is 0 Å². The molecule has 0 saturated carbocycles. The van der Waals surface area contributed by atoms with Gasteiger partial charge >= 0.3 is 5.97 Å². The molecule has 128 valence electrons. The van der Waals surface area contributed by atoms with Crippen molar-refractivity contribution in [3.05, 3.63) is 35.9 Å². The maximum Gasteiger partial charge on any atom is 0.308 e. The van der Waals surface area contributed by atoms with Crippen LogP contribution in [0.3, 0.4) is 0 Å². The highest BCUT2D eigenvalue weighted by Gasteiger charge is 2.43. The molecule has 0 N–H and O–H groups in total. The van der Waals surface area contributed by atoms with Crippen LogP contribution in [0.1, 0.15) is 25.8 Å². The third-order valence-electron chi connectivity index (χ3n) is 4.47. The van der Waals surface area contributed by atoms with Crippen molar-refractivity contribution in [2.75, 3.05) is 14.2 Å². The second-order valence-electron chi connectivity index (χ2n) is 6.04. The maximum atomic E-state index is 11.6. The molecule has 1 fully saturated rings. The van der Waals surface area contributed by atoms with Crippen molar-refractivity contribution >= 4 is 5.97 Å². The number of hydrogen-bond donors (Lipinski definition) is 0. The Labute approximate surface area is 137 Å². The van der Waals surface area contributed by atoms with Gasteiger partial charge < -0.3 is 18.9 Å². The van der Waals surface area contributed by atoms with Crippen LogP contribution in [0.5, 0.6) is 0 Å². The molecule has 1 heterocycles. The topological polar surface area (TPSA) is 54.0 Å². The van der Waals surface area contributed by atoms with Crippen molar-refractivity contribution < 1.29 is 23.7 Å². The van der Waals surface area contributed by atoms with E-state index in [2.05, 4.69) is 6.92 Å². The lowest BCUT2D eigenvalue weighted by atomic mass is 9.84. The van der Waals surface area contributed by atoms with Gasteiger partial charge in [-0.2, -0.15) is 0 Å². The summed E-state index contributed by atoms with van der Waals surface area (Å²) in [5.41, 5.74) is 1.12. The summed E-state index contributed by atoms with van der Waals surface area (Å²) in [6.45, 7) is 4.63. The van der Waals surface area contributed by atoms with Crippen LogP contribution in [0.2, 0.25) is 0 Å². The number of esters is 1. The van der Waals surface area contributed by atoms with Crippen molar-refractivity contribution in [1.82, 2.24) is 0 Å². The second-order valence-corrected chi connectivity index (χ2v) is 6.04. The van der Waals surface area contributed by atoms with Crippen LogP contribution in [-0.4, -0.2) is 38.7 Å². The van der Waals surface area contributed by atoms with Gasteiger partial charge in [0.15, 0.2) is 6.29 Å². The fraction of sp³-hybridized carbons (Fsp3) is 0.611. The SMILES string of the molecule is COC(=O)C[C@H]1OC(OC)[C@@H](C)[C@@H](OCc2ccccc2)[C@H]1C. The monoisotopic (exact) mass is 322 g/mol. The van der Waals surface area contributed by atoms with E-state index in [9.17, 15) is 4.79 Å². The summed E-state index contributed by atoms with van der Waals surface area (Å²) in [5, 5.41) is 0. The van der Waals surface area contributed by atoms with E-state index in [1.807, 2.05) is 37.3 Å². The molecule has 1 aliphatic heterocycles. The summed E-state index contributed by atoms with van der Waals surface area (Å²) in [5.74, 6) is -0.139. The second kappa shape index (κ2) is 8.43. The molecule has 0 aliphatic carbocycles. The van der Waals surface area contributed by atoms with E-state index < -0.39 is 0 Å². The van der Waals surface area contributed by atoms with Gasteiger partial charge in [-0.3, -0.25) is 4.79 Å². The van der Waals surface area contributed by atoms with E-state index in [0.717, 1.165) is 5.56 Å². The number of methoxy groups -OCH3 is 2. The highest BCUT2D eigenvalue weighted by molar-refractivity contribution is 5.69. The molecule has 5 nitrogen and oxygen atoms in total. The molecule has 0 radical (unpaired) electrons. The average molecular weight is 322 g/mol. The summed E-state index contributed by atoms with van der Waals surface area (Å²) in [6.07, 6.45) is -0.510. The van der Waals surface area contributed by atoms with E-state index >= 15 is 0 Å². The van der Waals surface area contributed by atoms with Gasteiger partial charge in [-0.15, -0.1) is 0 Å². The van der Waals surface area contributed by atoms with Crippen molar-refractivity contribution in [1.29, 1.82) is 0 Å². The Balaban J connectivity index is 2.05. The molecular formula is C18H26O5. The Kier molecular flexibility index (Phi) is 6.57. The zero-order valence-corrected chi connectivity index (χ0v) is 14.2. The molecule has 5 atom stereocenters. The van der Waals surface area contributed by atoms with Gasteiger partial charge in [-0.25, -0.2) is 0 Å². The average Bonchev–Trinajstić information content (AvgIpc) is 2.58. The molecule has 2 rings (SSSR count). The van der Waals surface area contributed by atoms with Gasteiger partial charge in [-0.1, -0.05) is 44.2 Å². The Hall–Kier alpha value is -1.43. The van der Waals surface area contributed by atoms with Gasteiger partial charge in [0, 0.05) is 18.9 Å². The van der Waals surface area contributed by atoms with Gasteiger partial charge in [0.1, 0.15) is 0 Å². The Morgan fingerprint density at radius 3 is 2.43 bits per heavy atom. The summed E-state index contributed by atoms with van der Waals surface area (Å²) < 4.78 is 22.3. The first-order valence-electron chi connectivity index (χ1n) is 7.97. The molecule has 1 aromatic rings. The van der Waals surface area contributed by atoms with E-state index in [1.165, 1.54) is 7.11 Å². The van der Waals surface area contributed by atoms with E-state index in [0.29, 0.717) is 6.61 Å². The van der Waals surface area contributed by atoms with E-state index in [-0.39, 0.29) is 42.7 Å². The molecular weight excluding hydrogens is 296 g/mol. The summed E-state index contributed by atoms with van der Waals surface area (Å²) in [7, 11) is 3.00. The summed E-state index contributed by atoms with van der Waals surface area (Å²) in [6, 6.07) is 10.0. The lowest BCUT2D eigenvalue weighted by Crippen LogP contribution is -2.51. The van der Waals surface area contributed by atoms with Crippen LogP contribution in [-0.2, 0) is 30.3 Å². The molecule has 0 spiro atoms. The minimum absolute atomic E-state index is 0.0523. The Morgan fingerprint density at radius 2 is 1.83 bits per heavy atom. The van der Waals surface area contributed by atoms with Crippen LogP contribution in [0.15, 0.2) is 30.3 Å². The largest absolute Gasteiger partial charge is 0.469 e. The van der Waals surface area contributed by atoms with Crippen molar-refractivity contribution in [2.45, 2.75) is 45.4 Å². The molecule has 1 saturated heterocycles. The van der Waals surface area contributed by atoms with Crippen LogP contribution in [0.25, 0.3) is 0 Å². The first-order valence-corrected chi connectivity index (χ1v) is 7.97. The molecule has 23 heavy (non-hydrogen) atoms. The first kappa shape index (κ1) is 17.9. The zero-order valence-electron chi connectivity index (χ0n) is 14.2. The zero-order chi connectivity index (χ0) is 16.8. The Morgan fingerprint density at radius 1 is 1.13 bits per heavy atom. The lowest BCUT2D eigenvalue weighted by molar-refractivity contribution is -0.263. The quantitative estimate of drug-likeness (QED) is 0.754. The van der Waals surface area contributed by atoms with Gasteiger partial charge in [0.2, 0.25) is 0 Å². The standard InChI is InChI=1S/C18H26O5/c1-12-15(10-16(19)20-3)23-18(21-4)13(2)17(12)22-11-14-8-6-5-7-9-14/h5-9,12-13,15,17-18H,10-11H2,1-4H3/t12-,13-,15+,17-,18?/m0/s1. The number of ether oxygens (including phenoxy) is 4. The third-order valence-corrected chi connectivity index (χ3v) is 4.47. The predicted molar refractivity (Wildman–Crippen MR) is 85.7 cm³/mol. The minimum Gasteiger partial charge on any atom is -0.469 e. The molecule has 0 aromatic heterocycles. The van der Waals surface area contributed by atoms with Gasteiger partial charge in [0.05, 0.1) is 32.3 Å². The number of benzene rings is 1.